The van der Waals surface area contributed by atoms with Gasteiger partial charge in [-0.2, -0.15) is 0 Å². The molecule has 0 saturated carbocycles. The fraction of sp³-hybridized carbons (Fsp3) is 0.471. The topological polar surface area (TPSA) is 24.9 Å². The van der Waals surface area contributed by atoms with E-state index in [4.69, 9.17) is 0 Å². The maximum absolute atomic E-state index is 13.9. The van der Waals surface area contributed by atoms with Crippen LogP contribution in [0.2, 0.25) is 0 Å². The van der Waals surface area contributed by atoms with Crippen molar-refractivity contribution < 1.29 is 4.39 Å². The minimum atomic E-state index is -0.208. The van der Waals surface area contributed by atoms with Crippen molar-refractivity contribution in [3.63, 3.8) is 0 Å². The molecule has 0 bridgehead atoms. The first-order valence-corrected chi connectivity index (χ1v) is 8.01. The molecule has 114 valence electrons. The first-order chi connectivity index (χ1) is 9.70. The highest BCUT2D eigenvalue weighted by Crippen LogP contribution is 2.34. The molecular formula is C17H23FN2S. The third-order valence-corrected chi connectivity index (χ3v) is 5.22. The summed E-state index contributed by atoms with van der Waals surface area (Å²) in [5.41, 5.74) is 2.57. The fourth-order valence-electron chi connectivity index (χ4n) is 2.23. The van der Waals surface area contributed by atoms with E-state index < -0.39 is 0 Å². The van der Waals surface area contributed by atoms with Gasteiger partial charge in [0.15, 0.2) is 0 Å². The van der Waals surface area contributed by atoms with Gasteiger partial charge in [-0.3, -0.25) is 0 Å². The summed E-state index contributed by atoms with van der Waals surface area (Å²) in [6.07, 6.45) is 0. The molecule has 21 heavy (non-hydrogen) atoms. The number of hydrogen-bond donors (Lipinski definition) is 1. The van der Waals surface area contributed by atoms with Gasteiger partial charge in [-0.15, -0.1) is 11.3 Å². The molecule has 0 aliphatic heterocycles. The van der Waals surface area contributed by atoms with Crippen LogP contribution < -0.4 is 5.32 Å². The lowest BCUT2D eigenvalue weighted by molar-refractivity contribution is 0.584. The predicted molar refractivity (Wildman–Crippen MR) is 88.7 cm³/mol. The summed E-state index contributed by atoms with van der Waals surface area (Å²) in [5, 5.41) is 4.42. The van der Waals surface area contributed by atoms with Crippen LogP contribution in [0.4, 0.5) is 10.1 Å². The molecule has 4 heteroatoms. The summed E-state index contributed by atoms with van der Waals surface area (Å²) in [7, 11) is 0. The molecule has 0 saturated heterocycles. The summed E-state index contributed by atoms with van der Waals surface area (Å²) in [6.45, 7) is 12.5. The second-order valence-corrected chi connectivity index (χ2v) is 7.55. The van der Waals surface area contributed by atoms with Crippen molar-refractivity contribution >= 4 is 17.0 Å². The Bertz CT molecular complexity index is 620. The smallest absolute Gasteiger partial charge is 0.146 e. The SMILES string of the molecule is Cc1cccc(F)c1NC(C)c1sc(C(C)(C)C)nc1C. The van der Waals surface area contributed by atoms with E-state index in [1.165, 1.54) is 10.9 Å². The minimum Gasteiger partial charge on any atom is -0.375 e. The predicted octanol–water partition coefficient (Wildman–Crippen LogP) is 5.37. The third-order valence-electron chi connectivity index (χ3n) is 3.45. The van der Waals surface area contributed by atoms with Crippen molar-refractivity contribution in [1.82, 2.24) is 4.98 Å². The first kappa shape index (κ1) is 16.0. The summed E-state index contributed by atoms with van der Waals surface area (Å²) < 4.78 is 13.9. The Labute approximate surface area is 130 Å². The van der Waals surface area contributed by atoms with Gasteiger partial charge >= 0.3 is 0 Å². The molecular weight excluding hydrogens is 283 g/mol. The number of para-hydroxylation sites is 1. The van der Waals surface area contributed by atoms with E-state index in [9.17, 15) is 4.39 Å². The highest BCUT2D eigenvalue weighted by molar-refractivity contribution is 7.12. The summed E-state index contributed by atoms with van der Waals surface area (Å²) >= 11 is 1.71. The molecule has 1 aromatic heterocycles. The van der Waals surface area contributed by atoms with Crippen molar-refractivity contribution in [2.24, 2.45) is 0 Å². The van der Waals surface area contributed by atoms with Crippen LogP contribution >= 0.6 is 11.3 Å². The Kier molecular flexibility index (Phi) is 4.38. The van der Waals surface area contributed by atoms with Crippen LogP contribution in [0.25, 0.3) is 0 Å². The zero-order valence-corrected chi connectivity index (χ0v) is 14.4. The van der Waals surface area contributed by atoms with Gasteiger partial charge in [0.2, 0.25) is 0 Å². The standard InChI is InChI=1S/C17H23FN2S/c1-10-8-7-9-13(18)14(10)19-11(2)15-12(3)20-16(21-15)17(4,5)6/h7-9,11,19H,1-6H3. The van der Waals surface area contributed by atoms with Crippen LogP contribution in [0.15, 0.2) is 18.2 Å². The normalized spacial score (nSPS) is 13.3. The van der Waals surface area contributed by atoms with E-state index in [-0.39, 0.29) is 17.3 Å². The molecule has 1 unspecified atom stereocenters. The van der Waals surface area contributed by atoms with E-state index in [2.05, 4.69) is 38.0 Å². The van der Waals surface area contributed by atoms with Crippen molar-refractivity contribution in [3.8, 4) is 0 Å². The van der Waals surface area contributed by atoms with Gasteiger partial charge in [0, 0.05) is 10.3 Å². The van der Waals surface area contributed by atoms with Crippen LogP contribution in [-0.4, -0.2) is 4.98 Å². The number of nitrogens with one attached hydrogen (secondary N) is 1. The van der Waals surface area contributed by atoms with Gasteiger partial charge < -0.3 is 5.32 Å². The van der Waals surface area contributed by atoms with Crippen LogP contribution in [0, 0.1) is 19.7 Å². The number of hydrogen-bond acceptors (Lipinski definition) is 3. The molecule has 1 aromatic carbocycles. The zero-order valence-electron chi connectivity index (χ0n) is 13.5. The molecule has 1 heterocycles. The van der Waals surface area contributed by atoms with Gasteiger partial charge in [0.1, 0.15) is 5.82 Å². The molecule has 0 aliphatic carbocycles. The summed E-state index contributed by atoms with van der Waals surface area (Å²) in [6, 6.07) is 5.17. The molecule has 1 N–H and O–H groups in total. The Morgan fingerprint density at radius 1 is 1.24 bits per heavy atom. The van der Waals surface area contributed by atoms with Gasteiger partial charge in [0.05, 0.1) is 22.4 Å². The summed E-state index contributed by atoms with van der Waals surface area (Å²) in [4.78, 5) is 5.84. The molecule has 1 atom stereocenters. The zero-order chi connectivity index (χ0) is 15.8. The van der Waals surface area contributed by atoms with Gasteiger partial charge in [-0.25, -0.2) is 9.37 Å². The number of aromatic nitrogens is 1. The van der Waals surface area contributed by atoms with E-state index in [0.717, 1.165) is 16.3 Å². The van der Waals surface area contributed by atoms with Gasteiger partial charge in [-0.05, 0) is 32.4 Å². The average molecular weight is 306 g/mol. The Balaban J connectivity index is 2.29. The third kappa shape index (κ3) is 3.43. The molecule has 2 aromatic rings. The lowest BCUT2D eigenvalue weighted by atomic mass is 9.98. The maximum Gasteiger partial charge on any atom is 0.146 e. The lowest BCUT2D eigenvalue weighted by Gasteiger charge is -2.17. The highest BCUT2D eigenvalue weighted by atomic mass is 32.1. The maximum atomic E-state index is 13.9. The molecule has 0 aliphatic rings. The molecule has 0 spiro atoms. The van der Waals surface area contributed by atoms with E-state index in [0.29, 0.717) is 5.69 Å². The minimum absolute atomic E-state index is 0.0363. The van der Waals surface area contributed by atoms with Crippen LogP contribution in [0.1, 0.15) is 54.9 Å². The Hall–Kier alpha value is -1.42. The quantitative estimate of drug-likeness (QED) is 0.824. The number of benzene rings is 1. The van der Waals surface area contributed by atoms with Gasteiger partial charge in [-0.1, -0.05) is 32.9 Å². The Morgan fingerprint density at radius 2 is 1.90 bits per heavy atom. The Morgan fingerprint density at radius 3 is 2.43 bits per heavy atom. The van der Waals surface area contributed by atoms with Gasteiger partial charge in [0.25, 0.3) is 0 Å². The molecule has 0 radical (unpaired) electrons. The van der Waals surface area contributed by atoms with E-state index in [1.54, 1.807) is 17.4 Å². The fourth-order valence-corrected chi connectivity index (χ4v) is 3.35. The monoisotopic (exact) mass is 306 g/mol. The summed E-state index contributed by atoms with van der Waals surface area (Å²) in [5.74, 6) is -0.208. The second kappa shape index (κ2) is 5.76. The lowest BCUT2D eigenvalue weighted by Crippen LogP contribution is -2.10. The molecule has 0 amide bonds. The second-order valence-electron chi connectivity index (χ2n) is 6.52. The van der Waals surface area contributed by atoms with Crippen LogP contribution in [0.5, 0.6) is 0 Å². The number of halogens is 1. The van der Waals surface area contributed by atoms with E-state index in [1.807, 2.05) is 19.9 Å². The molecule has 0 fully saturated rings. The van der Waals surface area contributed by atoms with Crippen LogP contribution in [-0.2, 0) is 5.41 Å². The van der Waals surface area contributed by atoms with Crippen molar-refractivity contribution in [3.05, 3.63) is 45.2 Å². The number of nitrogens with zero attached hydrogens (tertiary/aromatic N) is 1. The van der Waals surface area contributed by atoms with E-state index >= 15 is 0 Å². The number of anilines is 1. The number of rotatable bonds is 3. The molecule has 2 rings (SSSR count). The largest absolute Gasteiger partial charge is 0.375 e. The number of thiazole rings is 1. The van der Waals surface area contributed by atoms with Crippen molar-refractivity contribution in [2.45, 2.75) is 53.0 Å². The van der Waals surface area contributed by atoms with Crippen LogP contribution in [0.3, 0.4) is 0 Å². The highest BCUT2D eigenvalue weighted by Gasteiger charge is 2.23. The van der Waals surface area contributed by atoms with Crippen molar-refractivity contribution in [1.29, 1.82) is 0 Å². The average Bonchev–Trinajstić information content (AvgIpc) is 2.76. The number of aryl methyl sites for hydroxylation is 2. The molecule has 2 nitrogen and oxygen atoms in total. The van der Waals surface area contributed by atoms with Crippen molar-refractivity contribution in [2.75, 3.05) is 5.32 Å². The first-order valence-electron chi connectivity index (χ1n) is 7.19.